The summed E-state index contributed by atoms with van der Waals surface area (Å²) in [6, 6.07) is 6.08. The zero-order chi connectivity index (χ0) is 11.9. The highest BCUT2D eigenvalue weighted by Gasteiger charge is 2.38. The standard InChI is InChI=1S/C14H18ClNO/c15-12-8-10(9-14(16)6-7-14)4-5-13(12)17-11-2-1-3-11/h4-5,8,11H,1-3,6-7,9,16H2. The zero-order valence-corrected chi connectivity index (χ0v) is 10.7. The Morgan fingerprint density at radius 1 is 1.35 bits per heavy atom. The van der Waals surface area contributed by atoms with Crippen LogP contribution in [0.5, 0.6) is 5.75 Å². The predicted octanol–water partition coefficient (Wildman–Crippen LogP) is 3.31. The Balaban J connectivity index is 1.69. The van der Waals surface area contributed by atoms with Crippen LogP contribution in [0.1, 0.15) is 37.7 Å². The molecule has 0 bridgehead atoms. The Bertz CT molecular complexity index is 424. The number of halogens is 1. The van der Waals surface area contributed by atoms with E-state index in [0.717, 1.165) is 42.9 Å². The van der Waals surface area contributed by atoms with Gasteiger partial charge in [-0.1, -0.05) is 17.7 Å². The minimum atomic E-state index is 0.0413. The van der Waals surface area contributed by atoms with Crippen molar-refractivity contribution in [2.24, 2.45) is 5.73 Å². The number of benzene rings is 1. The Morgan fingerprint density at radius 2 is 2.12 bits per heavy atom. The van der Waals surface area contributed by atoms with Crippen molar-refractivity contribution < 1.29 is 4.74 Å². The maximum absolute atomic E-state index is 6.24. The Hall–Kier alpha value is -0.730. The van der Waals surface area contributed by atoms with Gasteiger partial charge in [0.1, 0.15) is 5.75 Å². The first-order valence-corrected chi connectivity index (χ1v) is 6.76. The minimum Gasteiger partial charge on any atom is -0.489 e. The minimum absolute atomic E-state index is 0.0413. The molecule has 0 aliphatic heterocycles. The maximum atomic E-state index is 6.24. The summed E-state index contributed by atoms with van der Waals surface area (Å²) in [5.41, 5.74) is 7.36. The first-order valence-electron chi connectivity index (χ1n) is 6.39. The van der Waals surface area contributed by atoms with Crippen LogP contribution in [0.4, 0.5) is 0 Å². The van der Waals surface area contributed by atoms with Crippen molar-refractivity contribution in [1.29, 1.82) is 0 Å². The normalized spacial score (nSPS) is 22.0. The third-order valence-corrected chi connectivity index (χ3v) is 4.09. The van der Waals surface area contributed by atoms with Crippen molar-refractivity contribution in [1.82, 2.24) is 0 Å². The van der Waals surface area contributed by atoms with Gasteiger partial charge in [0, 0.05) is 5.54 Å². The number of hydrogen-bond acceptors (Lipinski definition) is 2. The lowest BCUT2D eigenvalue weighted by molar-refractivity contribution is 0.120. The van der Waals surface area contributed by atoms with Crippen LogP contribution in [0.15, 0.2) is 18.2 Å². The first-order chi connectivity index (χ1) is 8.15. The van der Waals surface area contributed by atoms with E-state index in [1.807, 2.05) is 12.1 Å². The van der Waals surface area contributed by atoms with Gasteiger partial charge in [-0.15, -0.1) is 0 Å². The van der Waals surface area contributed by atoms with Gasteiger partial charge in [-0.25, -0.2) is 0 Å². The average molecular weight is 252 g/mol. The van der Waals surface area contributed by atoms with Gasteiger partial charge >= 0.3 is 0 Å². The quantitative estimate of drug-likeness (QED) is 0.891. The molecule has 17 heavy (non-hydrogen) atoms. The van der Waals surface area contributed by atoms with Crippen molar-refractivity contribution in [3.05, 3.63) is 28.8 Å². The predicted molar refractivity (Wildman–Crippen MR) is 69.6 cm³/mol. The molecule has 0 unspecified atom stereocenters. The van der Waals surface area contributed by atoms with E-state index in [1.54, 1.807) is 0 Å². The van der Waals surface area contributed by atoms with Crippen LogP contribution >= 0.6 is 11.6 Å². The van der Waals surface area contributed by atoms with Gasteiger partial charge in [0.25, 0.3) is 0 Å². The molecule has 2 aliphatic rings. The Morgan fingerprint density at radius 3 is 2.65 bits per heavy atom. The van der Waals surface area contributed by atoms with Gasteiger partial charge in [-0.2, -0.15) is 0 Å². The Labute approximate surface area is 107 Å². The van der Waals surface area contributed by atoms with Gasteiger partial charge < -0.3 is 10.5 Å². The molecule has 2 fully saturated rings. The lowest BCUT2D eigenvalue weighted by atomic mass is 9.96. The molecule has 0 atom stereocenters. The van der Waals surface area contributed by atoms with Gasteiger partial charge in [-0.3, -0.25) is 0 Å². The molecule has 1 aromatic carbocycles. The molecule has 0 radical (unpaired) electrons. The van der Waals surface area contributed by atoms with E-state index in [9.17, 15) is 0 Å². The summed E-state index contributed by atoms with van der Waals surface area (Å²) in [6.07, 6.45) is 7.15. The molecule has 0 saturated heterocycles. The molecule has 3 rings (SSSR count). The van der Waals surface area contributed by atoms with Crippen LogP contribution in [0.3, 0.4) is 0 Å². The number of ether oxygens (including phenoxy) is 1. The largest absolute Gasteiger partial charge is 0.489 e. The Kier molecular flexibility index (Phi) is 2.80. The molecule has 0 aromatic heterocycles. The fraction of sp³-hybridized carbons (Fsp3) is 0.571. The fourth-order valence-corrected chi connectivity index (χ4v) is 2.41. The smallest absolute Gasteiger partial charge is 0.138 e. The second-order valence-corrected chi connectivity index (χ2v) is 5.88. The molecule has 2 nitrogen and oxygen atoms in total. The van der Waals surface area contributed by atoms with Gasteiger partial charge in [0.15, 0.2) is 0 Å². The fourth-order valence-electron chi connectivity index (χ4n) is 2.16. The third-order valence-electron chi connectivity index (χ3n) is 3.79. The lowest BCUT2D eigenvalue weighted by Gasteiger charge is -2.27. The molecule has 3 heteroatoms. The SMILES string of the molecule is NC1(Cc2ccc(OC3CCC3)c(Cl)c2)CC1. The monoisotopic (exact) mass is 251 g/mol. The van der Waals surface area contributed by atoms with Crippen LogP contribution in [-0.4, -0.2) is 11.6 Å². The van der Waals surface area contributed by atoms with Gasteiger partial charge in [0.05, 0.1) is 11.1 Å². The number of rotatable bonds is 4. The maximum Gasteiger partial charge on any atom is 0.138 e. The summed E-state index contributed by atoms with van der Waals surface area (Å²) < 4.78 is 5.82. The molecule has 92 valence electrons. The second kappa shape index (κ2) is 4.18. The van der Waals surface area contributed by atoms with Crippen LogP contribution in [0.25, 0.3) is 0 Å². The van der Waals surface area contributed by atoms with Crippen LogP contribution in [0.2, 0.25) is 5.02 Å². The first kappa shape index (κ1) is 11.4. The topological polar surface area (TPSA) is 35.2 Å². The summed E-state index contributed by atoms with van der Waals surface area (Å²) in [4.78, 5) is 0. The molecule has 0 amide bonds. The molecule has 2 saturated carbocycles. The molecular weight excluding hydrogens is 234 g/mol. The highest BCUT2D eigenvalue weighted by atomic mass is 35.5. The van der Waals surface area contributed by atoms with Crippen molar-refractivity contribution >= 4 is 11.6 Å². The highest BCUT2D eigenvalue weighted by Crippen LogP contribution is 2.37. The van der Waals surface area contributed by atoms with E-state index < -0.39 is 0 Å². The van der Waals surface area contributed by atoms with E-state index in [-0.39, 0.29) is 5.54 Å². The van der Waals surface area contributed by atoms with Crippen LogP contribution < -0.4 is 10.5 Å². The van der Waals surface area contributed by atoms with Crippen molar-refractivity contribution in [3.63, 3.8) is 0 Å². The molecular formula is C14H18ClNO. The van der Waals surface area contributed by atoms with Gasteiger partial charge in [0.2, 0.25) is 0 Å². The van der Waals surface area contributed by atoms with E-state index in [4.69, 9.17) is 22.1 Å². The van der Waals surface area contributed by atoms with Crippen molar-refractivity contribution in [2.45, 2.75) is 50.2 Å². The van der Waals surface area contributed by atoms with Crippen molar-refractivity contribution in [3.8, 4) is 5.75 Å². The molecule has 2 N–H and O–H groups in total. The molecule has 0 spiro atoms. The lowest BCUT2D eigenvalue weighted by Crippen LogP contribution is -2.25. The van der Waals surface area contributed by atoms with E-state index in [2.05, 4.69) is 6.07 Å². The van der Waals surface area contributed by atoms with Crippen molar-refractivity contribution in [2.75, 3.05) is 0 Å². The van der Waals surface area contributed by atoms with Crippen LogP contribution in [-0.2, 0) is 6.42 Å². The second-order valence-electron chi connectivity index (χ2n) is 5.47. The molecule has 2 aliphatic carbocycles. The summed E-state index contributed by atoms with van der Waals surface area (Å²) >= 11 is 6.24. The number of hydrogen-bond donors (Lipinski definition) is 1. The summed E-state index contributed by atoms with van der Waals surface area (Å²) in [7, 11) is 0. The van der Waals surface area contributed by atoms with Crippen LogP contribution in [0, 0.1) is 0 Å². The van der Waals surface area contributed by atoms with Gasteiger partial charge in [-0.05, 0) is 56.2 Å². The van der Waals surface area contributed by atoms with E-state index >= 15 is 0 Å². The zero-order valence-electron chi connectivity index (χ0n) is 9.92. The summed E-state index contributed by atoms with van der Waals surface area (Å²) in [5, 5.41) is 0.721. The van der Waals surface area contributed by atoms with E-state index in [1.165, 1.54) is 12.0 Å². The summed E-state index contributed by atoms with van der Waals surface area (Å²) in [5.74, 6) is 0.821. The third kappa shape index (κ3) is 2.58. The summed E-state index contributed by atoms with van der Waals surface area (Å²) in [6.45, 7) is 0. The number of nitrogens with two attached hydrogens (primary N) is 1. The molecule has 1 aromatic rings. The average Bonchev–Trinajstić information content (AvgIpc) is 2.92. The molecule has 0 heterocycles. The highest BCUT2D eigenvalue weighted by molar-refractivity contribution is 6.32. The van der Waals surface area contributed by atoms with E-state index in [0.29, 0.717) is 6.10 Å².